The van der Waals surface area contributed by atoms with Crippen LogP contribution < -0.4 is 10.3 Å². The fourth-order valence-corrected chi connectivity index (χ4v) is 3.26. The Morgan fingerprint density at radius 2 is 2.14 bits per heavy atom. The van der Waals surface area contributed by atoms with Crippen molar-refractivity contribution in [2.75, 3.05) is 6.61 Å². The minimum absolute atomic E-state index is 0.00288. The lowest BCUT2D eigenvalue weighted by Crippen LogP contribution is -2.20. The summed E-state index contributed by atoms with van der Waals surface area (Å²) in [6.45, 7) is 3.59. The molecule has 0 spiro atoms. The van der Waals surface area contributed by atoms with E-state index in [0.717, 1.165) is 9.15 Å². The third kappa shape index (κ3) is 3.90. The van der Waals surface area contributed by atoms with Crippen LogP contribution in [0.1, 0.15) is 18.3 Å². The van der Waals surface area contributed by atoms with E-state index in [1.807, 2.05) is 0 Å². The van der Waals surface area contributed by atoms with Crippen molar-refractivity contribution in [1.82, 2.24) is 9.66 Å². The fourth-order valence-electron chi connectivity index (χ4n) is 2.62. The Balaban J connectivity index is 2.09. The van der Waals surface area contributed by atoms with E-state index in [9.17, 15) is 14.9 Å². The molecule has 0 aliphatic carbocycles. The van der Waals surface area contributed by atoms with Crippen molar-refractivity contribution < 1.29 is 9.66 Å². The van der Waals surface area contributed by atoms with Crippen LogP contribution in [0.4, 0.5) is 5.69 Å². The van der Waals surface area contributed by atoms with Gasteiger partial charge in [-0.25, -0.2) is 4.98 Å². The second-order valence-electron chi connectivity index (χ2n) is 5.72. The molecule has 10 heteroatoms. The molecule has 0 N–H and O–H groups in total. The minimum Gasteiger partial charge on any atom is -0.486 e. The average molecular weight is 466 g/mol. The maximum Gasteiger partial charge on any atom is 0.313 e. The summed E-state index contributed by atoms with van der Waals surface area (Å²) < 4.78 is 7.13. The number of nitro benzene ring substituents is 1. The molecule has 0 atom stereocenters. The van der Waals surface area contributed by atoms with Gasteiger partial charge in [0.05, 0.1) is 33.7 Å². The third-order valence-electron chi connectivity index (χ3n) is 3.82. The Bertz CT molecular complexity index is 1180. The first kappa shape index (κ1) is 20.0. The maximum atomic E-state index is 12.7. The Morgan fingerprint density at radius 1 is 1.39 bits per heavy atom. The molecule has 28 heavy (non-hydrogen) atoms. The van der Waals surface area contributed by atoms with Crippen LogP contribution in [0.5, 0.6) is 5.75 Å². The van der Waals surface area contributed by atoms with E-state index in [0.29, 0.717) is 22.3 Å². The van der Waals surface area contributed by atoms with Crippen LogP contribution in [0.3, 0.4) is 0 Å². The molecule has 3 rings (SSSR count). The van der Waals surface area contributed by atoms with E-state index in [4.69, 9.17) is 16.3 Å². The summed E-state index contributed by atoms with van der Waals surface area (Å²) in [6.07, 6.45) is 1.31. The van der Waals surface area contributed by atoms with Crippen LogP contribution in [0.2, 0.25) is 5.02 Å². The van der Waals surface area contributed by atoms with Crippen molar-refractivity contribution in [3.8, 4) is 5.75 Å². The average Bonchev–Trinajstić information content (AvgIpc) is 2.64. The predicted octanol–water partition coefficient (Wildman–Crippen LogP) is 4.31. The minimum atomic E-state index is -0.583. The van der Waals surface area contributed by atoms with Gasteiger partial charge < -0.3 is 4.74 Å². The number of rotatable bonds is 5. The molecule has 0 amide bonds. The van der Waals surface area contributed by atoms with Gasteiger partial charge in [0.1, 0.15) is 5.82 Å². The molecular weight excluding hydrogens is 452 g/mol. The lowest BCUT2D eigenvalue weighted by atomic mass is 10.2. The normalized spacial score (nSPS) is 11.3. The Hall–Kier alpha value is -2.78. The van der Waals surface area contributed by atoms with Gasteiger partial charge in [-0.1, -0.05) is 27.5 Å². The smallest absolute Gasteiger partial charge is 0.313 e. The van der Waals surface area contributed by atoms with Crippen LogP contribution in [0, 0.1) is 17.0 Å². The molecule has 0 saturated heterocycles. The molecule has 0 radical (unpaired) electrons. The third-order valence-corrected chi connectivity index (χ3v) is 4.60. The number of nitrogens with zero attached hydrogens (tertiary/aromatic N) is 4. The van der Waals surface area contributed by atoms with Crippen LogP contribution in [0.15, 0.2) is 44.7 Å². The zero-order valence-electron chi connectivity index (χ0n) is 14.8. The van der Waals surface area contributed by atoms with Crippen molar-refractivity contribution in [3.63, 3.8) is 0 Å². The molecule has 2 aromatic carbocycles. The molecule has 0 saturated carbocycles. The van der Waals surface area contributed by atoms with Crippen molar-refractivity contribution in [2.45, 2.75) is 13.8 Å². The molecular formula is C18H14BrClN4O4. The molecule has 144 valence electrons. The quantitative estimate of drug-likeness (QED) is 0.317. The Kier molecular flexibility index (Phi) is 5.76. The molecule has 0 aliphatic heterocycles. The standard InChI is InChI=1S/C18H14BrClN4O4/c1-3-28-17-14(20)6-11(7-16(17)24(26)27)9-21-23-10(2)22-15-5-4-12(19)8-13(15)18(23)25/h4-9H,3H2,1-2H3. The van der Waals surface area contributed by atoms with Crippen molar-refractivity contribution >= 4 is 50.3 Å². The van der Waals surface area contributed by atoms with Crippen molar-refractivity contribution in [1.29, 1.82) is 0 Å². The van der Waals surface area contributed by atoms with Gasteiger partial charge in [-0.3, -0.25) is 14.9 Å². The Labute approximate surface area is 172 Å². The zero-order valence-corrected chi connectivity index (χ0v) is 17.2. The highest BCUT2D eigenvalue weighted by molar-refractivity contribution is 9.10. The van der Waals surface area contributed by atoms with Gasteiger partial charge in [0.15, 0.2) is 0 Å². The van der Waals surface area contributed by atoms with Crippen LogP contribution in [-0.4, -0.2) is 27.4 Å². The lowest BCUT2D eigenvalue weighted by Gasteiger charge is -2.08. The second-order valence-corrected chi connectivity index (χ2v) is 7.05. The molecule has 0 bridgehead atoms. The van der Waals surface area contributed by atoms with E-state index in [-0.39, 0.29) is 28.6 Å². The number of fused-ring (bicyclic) bond motifs is 1. The van der Waals surface area contributed by atoms with Gasteiger partial charge in [0.2, 0.25) is 5.75 Å². The van der Waals surface area contributed by atoms with Gasteiger partial charge in [-0.2, -0.15) is 9.78 Å². The highest BCUT2D eigenvalue weighted by Crippen LogP contribution is 2.35. The van der Waals surface area contributed by atoms with Gasteiger partial charge >= 0.3 is 5.69 Å². The van der Waals surface area contributed by atoms with Crippen LogP contribution in [-0.2, 0) is 0 Å². The largest absolute Gasteiger partial charge is 0.486 e. The molecule has 8 nitrogen and oxygen atoms in total. The molecule has 0 aliphatic rings. The number of ether oxygens (including phenoxy) is 1. The van der Waals surface area contributed by atoms with E-state index >= 15 is 0 Å². The first-order valence-corrected chi connectivity index (χ1v) is 9.33. The number of benzene rings is 2. The number of halogens is 2. The lowest BCUT2D eigenvalue weighted by molar-refractivity contribution is -0.385. The summed E-state index contributed by atoms with van der Waals surface area (Å²) in [7, 11) is 0. The first-order valence-electron chi connectivity index (χ1n) is 8.15. The Morgan fingerprint density at radius 3 is 2.82 bits per heavy atom. The molecule has 0 unspecified atom stereocenters. The molecule has 1 heterocycles. The summed E-state index contributed by atoms with van der Waals surface area (Å²) in [4.78, 5) is 27.8. The summed E-state index contributed by atoms with van der Waals surface area (Å²) in [5.74, 6) is 0.375. The maximum absolute atomic E-state index is 12.7. The van der Waals surface area contributed by atoms with Crippen molar-refractivity contribution in [2.24, 2.45) is 5.10 Å². The first-order chi connectivity index (χ1) is 13.3. The number of aryl methyl sites for hydroxylation is 1. The van der Waals surface area contributed by atoms with Crippen molar-refractivity contribution in [3.05, 3.63) is 71.7 Å². The highest BCUT2D eigenvalue weighted by atomic mass is 79.9. The number of hydrogen-bond donors (Lipinski definition) is 0. The highest BCUT2D eigenvalue weighted by Gasteiger charge is 2.20. The number of nitro groups is 1. The monoisotopic (exact) mass is 464 g/mol. The topological polar surface area (TPSA) is 99.6 Å². The fraction of sp³-hybridized carbons (Fsp3) is 0.167. The van der Waals surface area contributed by atoms with Crippen LogP contribution >= 0.6 is 27.5 Å². The summed E-state index contributed by atoms with van der Waals surface area (Å²) in [5, 5.41) is 15.9. The summed E-state index contributed by atoms with van der Waals surface area (Å²) in [5.41, 5.74) is 0.268. The van der Waals surface area contributed by atoms with Gasteiger partial charge in [0.25, 0.3) is 5.56 Å². The van der Waals surface area contributed by atoms with E-state index in [1.165, 1.54) is 18.3 Å². The molecule has 3 aromatic rings. The molecule has 0 fully saturated rings. The van der Waals surface area contributed by atoms with Crippen LogP contribution in [0.25, 0.3) is 10.9 Å². The molecule has 1 aromatic heterocycles. The zero-order chi connectivity index (χ0) is 20.4. The van der Waals surface area contributed by atoms with Gasteiger partial charge in [0, 0.05) is 16.1 Å². The predicted molar refractivity (Wildman–Crippen MR) is 111 cm³/mol. The van der Waals surface area contributed by atoms with E-state index in [1.54, 1.807) is 32.0 Å². The number of aromatic nitrogens is 2. The van der Waals surface area contributed by atoms with E-state index in [2.05, 4.69) is 26.0 Å². The van der Waals surface area contributed by atoms with E-state index < -0.39 is 4.92 Å². The van der Waals surface area contributed by atoms with Gasteiger partial charge in [-0.05, 0) is 38.1 Å². The summed E-state index contributed by atoms with van der Waals surface area (Å²) >= 11 is 9.45. The summed E-state index contributed by atoms with van der Waals surface area (Å²) in [6, 6.07) is 7.95. The SMILES string of the molecule is CCOc1c(Cl)cc(C=Nn2c(C)nc3ccc(Br)cc3c2=O)cc1[N+](=O)[O-]. The number of hydrogen-bond acceptors (Lipinski definition) is 6. The second kappa shape index (κ2) is 8.07. The van der Waals surface area contributed by atoms with Gasteiger partial charge in [-0.15, -0.1) is 0 Å².